The summed E-state index contributed by atoms with van der Waals surface area (Å²) in [6.07, 6.45) is 5.51. The van der Waals surface area contributed by atoms with E-state index < -0.39 is 0 Å². The molecular formula is C14H19IN2. The fraction of sp³-hybridized carbons (Fsp3) is 0.357. The van der Waals surface area contributed by atoms with Gasteiger partial charge in [0.1, 0.15) is 18.9 Å². The van der Waals surface area contributed by atoms with E-state index in [2.05, 4.69) is 65.7 Å². The standard InChI is InChI=1S/C14H19N2.HI/c1-3-9-15-10-11-16(13(15)2)12-14-7-5-4-6-8-14;/h4-8,10-11H,3,9,12H2,1-2H3;1H/q+1;/p-1. The fourth-order valence-corrected chi connectivity index (χ4v) is 1.97. The molecule has 0 fully saturated rings. The van der Waals surface area contributed by atoms with E-state index in [0.717, 1.165) is 13.1 Å². The monoisotopic (exact) mass is 342 g/mol. The highest BCUT2D eigenvalue weighted by Crippen LogP contribution is 2.00. The van der Waals surface area contributed by atoms with Crippen LogP contribution < -0.4 is 28.5 Å². The molecule has 0 atom stereocenters. The molecule has 0 saturated carbocycles. The summed E-state index contributed by atoms with van der Waals surface area (Å²) < 4.78 is 4.61. The molecule has 2 nitrogen and oxygen atoms in total. The number of hydrogen-bond acceptors (Lipinski definition) is 0. The van der Waals surface area contributed by atoms with E-state index in [1.165, 1.54) is 17.8 Å². The molecule has 1 heterocycles. The molecular weight excluding hydrogens is 323 g/mol. The summed E-state index contributed by atoms with van der Waals surface area (Å²) in [5.74, 6) is 1.32. The van der Waals surface area contributed by atoms with Gasteiger partial charge >= 0.3 is 0 Å². The summed E-state index contributed by atoms with van der Waals surface area (Å²) in [4.78, 5) is 0. The minimum atomic E-state index is 0. The first kappa shape index (κ1) is 14.2. The minimum Gasteiger partial charge on any atom is -1.00 e. The van der Waals surface area contributed by atoms with Crippen molar-refractivity contribution in [1.29, 1.82) is 0 Å². The van der Waals surface area contributed by atoms with Gasteiger partial charge in [0, 0.05) is 6.92 Å². The predicted molar refractivity (Wildman–Crippen MR) is 65.2 cm³/mol. The van der Waals surface area contributed by atoms with Gasteiger partial charge in [-0.15, -0.1) is 0 Å². The molecule has 0 bridgehead atoms. The molecule has 1 aromatic heterocycles. The average molecular weight is 342 g/mol. The Kier molecular flexibility index (Phi) is 5.68. The van der Waals surface area contributed by atoms with Crippen molar-refractivity contribution < 1.29 is 28.5 Å². The number of benzene rings is 1. The lowest BCUT2D eigenvalue weighted by atomic mass is 10.2. The van der Waals surface area contributed by atoms with E-state index in [4.69, 9.17) is 0 Å². The topological polar surface area (TPSA) is 8.81 Å². The van der Waals surface area contributed by atoms with Gasteiger partial charge in [0.25, 0.3) is 5.82 Å². The van der Waals surface area contributed by atoms with Crippen molar-refractivity contribution in [2.24, 2.45) is 0 Å². The average Bonchev–Trinajstić information content (AvgIpc) is 2.64. The van der Waals surface area contributed by atoms with E-state index >= 15 is 0 Å². The van der Waals surface area contributed by atoms with E-state index in [9.17, 15) is 0 Å². The number of imidazole rings is 1. The zero-order valence-corrected chi connectivity index (χ0v) is 12.6. The summed E-state index contributed by atoms with van der Waals surface area (Å²) in [7, 11) is 0. The van der Waals surface area contributed by atoms with Gasteiger partial charge in [-0.1, -0.05) is 37.3 Å². The number of hydrogen-bond donors (Lipinski definition) is 0. The zero-order valence-electron chi connectivity index (χ0n) is 10.4. The summed E-state index contributed by atoms with van der Waals surface area (Å²) >= 11 is 0. The van der Waals surface area contributed by atoms with Crippen LogP contribution in [-0.2, 0) is 13.1 Å². The third kappa shape index (κ3) is 3.56. The van der Waals surface area contributed by atoms with Gasteiger partial charge in [-0.2, -0.15) is 0 Å². The van der Waals surface area contributed by atoms with E-state index in [1.54, 1.807) is 0 Å². The van der Waals surface area contributed by atoms with Gasteiger partial charge in [-0.3, -0.25) is 0 Å². The maximum absolute atomic E-state index is 2.31. The molecule has 17 heavy (non-hydrogen) atoms. The third-order valence-electron chi connectivity index (χ3n) is 2.92. The summed E-state index contributed by atoms with van der Waals surface area (Å²) in [6, 6.07) is 10.6. The Balaban J connectivity index is 0.00000144. The van der Waals surface area contributed by atoms with Crippen molar-refractivity contribution in [3.63, 3.8) is 0 Å². The second kappa shape index (κ2) is 6.79. The number of rotatable bonds is 4. The fourth-order valence-electron chi connectivity index (χ4n) is 1.97. The highest BCUT2D eigenvalue weighted by atomic mass is 127. The molecule has 0 aliphatic carbocycles. The van der Waals surface area contributed by atoms with Gasteiger partial charge in [0.05, 0.1) is 6.54 Å². The van der Waals surface area contributed by atoms with Crippen LogP contribution in [0.1, 0.15) is 24.7 Å². The van der Waals surface area contributed by atoms with E-state index in [0.29, 0.717) is 0 Å². The summed E-state index contributed by atoms with van der Waals surface area (Å²) in [6.45, 7) is 6.45. The molecule has 92 valence electrons. The molecule has 0 unspecified atom stereocenters. The number of halogens is 1. The normalized spacial score (nSPS) is 10.0. The lowest BCUT2D eigenvalue weighted by molar-refractivity contribution is -0.694. The maximum atomic E-state index is 2.31. The van der Waals surface area contributed by atoms with E-state index in [-0.39, 0.29) is 24.0 Å². The van der Waals surface area contributed by atoms with E-state index in [1.807, 2.05) is 0 Å². The highest BCUT2D eigenvalue weighted by molar-refractivity contribution is 5.13. The molecule has 0 amide bonds. The van der Waals surface area contributed by atoms with Gasteiger partial charge < -0.3 is 24.0 Å². The second-order valence-corrected chi connectivity index (χ2v) is 4.15. The molecule has 0 saturated heterocycles. The Morgan fingerprint density at radius 1 is 1.18 bits per heavy atom. The van der Waals surface area contributed by atoms with Crippen molar-refractivity contribution in [1.82, 2.24) is 4.57 Å². The number of nitrogens with zero attached hydrogens (tertiary/aromatic N) is 2. The smallest absolute Gasteiger partial charge is 0.253 e. The second-order valence-electron chi connectivity index (χ2n) is 4.15. The quantitative estimate of drug-likeness (QED) is 0.526. The molecule has 0 N–H and O–H groups in total. The van der Waals surface area contributed by atoms with Crippen LogP contribution in [0.3, 0.4) is 0 Å². The molecule has 0 spiro atoms. The Morgan fingerprint density at radius 2 is 1.88 bits per heavy atom. The van der Waals surface area contributed by atoms with Crippen LogP contribution >= 0.6 is 0 Å². The third-order valence-corrected chi connectivity index (χ3v) is 2.92. The van der Waals surface area contributed by atoms with Crippen LogP contribution in [0.4, 0.5) is 0 Å². The van der Waals surface area contributed by atoms with Crippen molar-refractivity contribution in [3.8, 4) is 0 Å². The van der Waals surface area contributed by atoms with Crippen LogP contribution in [0.5, 0.6) is 0 Å². The number of aromatic nitrogens is 2. The first-order valence-electron chi connectivity index (χ1n) is 5.90. The highest BCUT2D eigenvalue weighted by Gasteiger charge is 2.10. The van der Waals surface area contributed by atoms with Gasteiger partial charge in [0.15, 0.2) is 0 Å². The van der Waals surface area contributed by atoms with Crippen LogP contribution in [0.2, 0.25) is 0 Å². The lowest BCUT2D eigenvalue weighted by Gasteiger charge is -2.00. The van der Waals surface area contributed by atoms with Gasteiger partial charge in [-0.25, -0.2) is 9.13 Å². The molecule has 3 heteroatoms. The Bertz CT molecular complexity index is 449. The zero-order chi connectivity index (χ0) is 11.4. The first-order chi connectivity index (χ1) is 7.81. The summed E-state index contributed by atoms with van der Waals surface area (Å²) in [5, 5.41) is 0. The molecule has 2 rings (SSSR count). The van der Waals surface area contributed by atoms with Crippen molar-refractivity contribution in [3.05, 3.63) is 54.1 Å². The van der Waals surface area contributed by atoms with Crippen LogP contribution in [0, 0.1) is 6.92 Å². The largest absolute Gasteiger partial charge is 1.00 e. The van der Waals surface area contributed by atoms with Gasteiger partial charge in [-0.05, 0) is 12.0 Å². The number of aryl methyl sites for hydroxylation is 1. The Morgan fingerprint density at radius 3 is 2.53 bits per heavy atom. The lowest BCUT2D eigenvalue weighted by Crippen LogP contribution is -3.00. The van der Waals surface area contributed by atoms with Crippen LogP contribution in [0.15, 0.2) is 42.7 Å². The molecule has 0 radical (unpaired) electrons. The SMILES string of the molecule is CCCn1cc[n+](Cc2ccccc2)c1C.[I-]. The van der Waals surface area contributed by atoms with Gasteiger partial charge in [0.2, 0.25) is 0 Å². The van der Waals surface area contributed by atoms with Crippen molar-refractivity contribution in [2.45, 2.75) is 33.4 Å². The predicted octanol–water partition coefficient (Wildman–Crippen LogP) is -0.454. The minimum absolute atomic E-state index is 0. The maximum Gasteiger partial charge on any atom is 0.253 e. The van der Waals surface area contributed by atoms with Crippen molar-refractivity contribution in [2.75, 3.05) is 0 Å². The van der Waals surface area contributed by atoms with Crippen LogP contribution in [-0.4, -0.2) is 4.57 Å². The summed E-state index contributed by atoms with van der Waals surface area (Å²) in [5.41, 5.74) is 1.35. The Labute approximate surface area is 120 Å². The molecule has 1 aromatic carbocycles. The molecule has 2 aromatic rings. The van der Waals surface area contributed by atoms with Crippen molar-refractivity contribution >= 4 is 0 Å². The molecule has 0 aliphatic rings. The van der Waals surface area contributed by atoms with Crippen LogP contribution in [0.25, 0.3) is 0 Å². The first-order valence-corrected chi connectivity index (χ1v) is 5.90. The Hall–Kier alpha value is -0.840. The molecule has 0 aliphatic heterocycles.